The predicted octanol–water partition coefficient (Wildman–Crippen LogP) is 4.86. The zero-order valence-corrected chi connectivity index (χ0v) is 13.9. The quantitative estimate of drug-likeness (QED) is 0.724. The van der Waals surface area contributed by atoms with Crippen molar-refractivity contribution >= 4 is 22.9 Å². The van der Waals surface area contributed by atoms with E-state index in [1.807, 2.05) is 48.7 Å². The Balaban J connectivity index is 1.69. The maximum Gasteiger partial charge on any atom is 0.257 e. The fourth-order valence-corrected chi connectivity index (χ4v) is 2.97. The summed E-state index contributed by atoms with van der Waals surface area (Å²) in [6.45, 7) is 4.11. The molecule has 2 aromatic heterocycles. The van der Waals surface area contributed by atoms with Crippen LogP contribution < -0.4 is 5.32 Å². The molecule has 6 heteroatoms. The molecule has 3 aromatic rings. The largest absolute Gasteiger partial charge is 0.418 e. The Morgan fingerprint density at radius 3 is 2.55 bits per heavy atom. The van der Waals surface area contributed by atoms with Gasteiger partial charge in [-0.05, 0) is 43.0 Å². The van der Waals surface area contributed by atoms with E-state index in [0.717, 1.165) is 15.5 Å². The number of hydrogen-bond acceptors (Lipinski definition) is 5. The maximum atomic E-state index is 5.92. The first-order valence-corrected chi connectivity index (χ1v) is 8.28. The zero-order chi connectivity index (χ0) is 15.5. The molecule has 3 rings (SSSR count). The summed E-state index contributed by atoms with van der Waals surface area (Å²) in [5, 5.41) is 14.4. The van der Waals surface area contributed by atoms with Crippen LogP contribution in [-0.2, 0) is 0 Å². The van der Waals surface area contributed by atoms with E-state index in [0.29, 0.717) is 11.8 Å². The molecule has 0 unspecified atom stereocenters. The second-order valence-electron chi connectivity index (χ2n) is 5.08. The van der Waals surface area contributed by atoms with Crippen molar-refractivity contribution in [1.82, 2.24) is 15.5 Å². The Bertz CT molecular complexity index is 724. The van der Waals surface area contributed by atoms with Gasteiger partial charge in [-0.2, -0.15) is 0 Å². The van der Waals surface area contributed by atoms with Crippen molar-refractivity contribution < 1.29 is 4.42 Å². The van der Waals surface area contributed by atoms with Crippen LogP contribution in [0.15, 0.2) is 46.2 Å². The van der Waals surface area contributed by atoms with E-state index in [1.165, 1.54) is 0 Å². The second-order valence-corrected chi connectivity index (χ2v) is 6.47. The van der Waals surface area contributed by atoms with Crippen LogP contribution in [0.5, 0.6) is 0 Å². The van der Waals surface area contributed by atoms with Gasteiger partial charge in [-0.15, -0.1) is 21.5 Å². The lowest BCUT2D eigenvalue weighted by Crippen LogP contribution is -2.22. The molecule has 0 aliphatic heterocycles. The third kappa shape index (κ3) is 3.38. The molecule has 0 saturated heterocycles. The lowest BCUT2D eigenvalue weighted by Gasteiger charge is -2.17. The maximum absolute atomic E-state index is 5.92. The van der Waals surface area contributed by atoms with Crippen LogP contribution in [0.25, 0.3) is 10.8 Å². The lowest BCUT2D eigenvalue weighted by atomic mass is 10.1. The molecular formula is C16H16ClN3OS. The highest BCUT2D eigenvalue weighted by Crippen LogP contribution is 2.26. The van der Waals surface area contributed by atoms with Gasteiger partial charge in [-0.1, -0.05) is 29.8 Å². The monoisotopic (exact) mass is 333 g/mol. The van der Waals surface area contributed by atoms with E-state index in [1.54, 1.807) is 11.3 Å². The van der Waals surface area contributed by atoms with Gasteiger partial charge in [0, 0.05) is 11.1 Å². The Morgan fingerprint density at radius 2 is 1.86 bits per heavy atom. The van der Waals surface area contributed by atoms with E-state index >= 15 is 0 Å². The molecular weight excluding hydrogens is 318 g/mol. The van der Waals surface area contributed by atoms with Crippen molar-refractivity contribution in [3.05, 3.63) is 58.3 Å². The van der Waals surface area contributed by atoms with Crippen LogP contribution in [0.4, 0.5) is 0 Å². The van der Waals surface area contributed by atoms with Gasteiger partial charge in [0.05, 0.1) is 10.9 Å². The van der Waals surface area contributed by atoms with E-state index in [4.69, 9.17) is 16.0 Å². The van der Waals surface area contributed by atoms with Crippen molar-refractivity contribution in [3.63, 3.8) is 0 Å². The number of nitrogens with one attached hydrogen (secondary N) is 1. The molecule has 4 nitrogen and oxygen atoms in total. The van der Waals surface area contributed by atoms with Gasteiger partial charge in [0.2, 0.25) is 5.89 Å². The molecule has 0 radical (unpaired) electrons. The van der Waals surface area contributed by atoms with Crippen molar-refractivity contribution in [1.29, 1.82) is 0 Å². The van der Waals surface area contributed by atoms with Crippen molar-refractivity contribution in [2.75, 3.05) is 0 Å². The second kappa shape index (κ2) is 6.60. The van der Waals surface area contributed by atoms with Gasteiger partial charge in [0.15, 0.2) is 0 Å². The SMILES string of the molecule is C[C@H](N[C@H](C)c1ccc(Cl)cc1)c1nnc(-c2cccs2)o1. The summed E-state index contributed by atoms with van der Waals surface area (Å²) in [5.74, 6) is 1.15. The molecule has 2 atom stereocenters. The summed E-state index contributed by atoms with van der Waals surface area (Å²) in [7, 11) is 0. The molecule has 0 fully saturated rings. The van der Waals surface area contributed by atoms with E-state index < -0.39 is 0 Å². The first kappa shape index (κ1) is 15.2. The van der Waals surface area contributed by atoms with E-state index in [9.17, 15) is 0 Å². The molecule has 22 heavy (non-hydrogen) atoms. The molecule has 1 aromatic carbocycles. The predicted molar refractivity (Wildman–Crippen MR) is 89.0 cm³/mol. The van der Waals surface area contributed by atoms with Gasteiger partial charge >= 0.3 is 0 Å². The minimum absolute atomic E-state index is 0.0353. The molecule has 0 bridgehead atoms. The van der Waals surface area contributed by atoms with Crippen molar-refractivity contribution in [2.45, 2.75) is 25.9 Å². The van der Waals surface area contributed by atoms with E-state index in [2.05, 4.69) is 22.4 Å². The molecule has 114 valence electrons. The van der Waals surface area contributed by atoms with Crippen molar-refractivity contribution in [2.24, 2.45) is 0 Å². The topological polar surface area (TPSA) is 51.0 Å². The normalized spacial score (nSPS) is 14.0. The summed E-state index contributed by atoms with van der Waals surface area (Å²) < 4.78 is 5.75. The van der Waals surface area contributed by atoms with Crippen LogP contribution in [0.1, 0.15) is 37.4 Å². The number of halogens is 1. The van der Waals surface area contributed by atoms with Crippen LogP contribution in [0.2, 0.25) is 5.02 Å². The molecule has 0 saturated carbocycles. The Hall–Kier alpha value is -1.69. The first-order valence-electron chi connectivity index (χ1n) is 7.02. The van der Waals surface area contributed by atoms with Crippen LogP contribution in [0.3, 0.4) is 0 Å². The molecule has 0 aliphatic carbocycles. The number of rotatable bonds is 5. The highest BCUT2D eigenvalue weighted by Gasteiger charge is 2.17. The standard InChI is InChI=1S/C16H16ClN3OS/c1-10(12-5-7-13(17)8-6-12)18-11(2)15-19-20-16(21-15)14-4-3-9-22-14/h3-11,18H,1-2H3/t10-,11+/m1/s1. The van der Waals surface area contributed by atoms with Gasteiger partial charge in [-0.25, -0.2) is 0 Å². The number of aromatic nitrogens is 2. The van der Waals surface area contributed by atoms with Gasteiger partial charge < -0.3 is 4.42 Å². The number of nitrogens with zero attached hydrogens (tertiary/aromatic N) is 2. The molecule has 1 N–H and O–H groups in total. The van der Waals surface area contributed by atoms with Crippen LogP contribution >= 0.6 is 22.9 Å². The zero-order valence-electron chi connectivity index (χ0n) is 12.3. The minimum Gasteiger partial charge on any atom is -0.418 e. The molecule has 0 amide bonds. The first-order chi connectivity index (χ1) is 10.6. The minimum atomic E-state index is -0.0353. The highest BCUT2D eigenvalue weighted by atomic mass is 35.5. The summed E-state index contributed by atoms with van der Waals surface area (Å²) in [4.78, 5) is 0.983. The average molecular weight is 334 g/mol. The Labute approximate surface area is 138 Å². The van der Waals surface area contributed by atoms with E-state index in [-0.39, 0.29) is 12.1 Å². The van der Waals surface area contributed by atoms with Crippen LogP contribution in [-0.4, -0.2) is 10.2 Å². The average Bonchev–Trinajstić information content (AvgIpc) is 3.19. The smallest absolute Gasteiger partial charge is 0.257 e. The molecule has 0 aliphatic rings. The van der Waals surface area contributed by atoms with Gasteiger partial charge in [-0.3, -0.25) is 5.32 Å². The molecule has 0 spiro atoms. The number of hydrogen-bond donors (Lipinski definition) is 1. The number of thiophene rings is 1. The summed E-state index contributed by atoms with van der Waals surface area (Å²) in [6.07, 6.45) is 0. The summed E-state index contributed by atoms with van der Waals surface area (Å²) in [5.41, 5.74) is 1.16. The van der Waals surface area contributed by atoms with Crippen molar-refractivity contribution in [3.8, 4) is 10.8 Å². The van der Waals surface area contributed by atoms with Gasteiger partial charge in [0.25, 0.3) is 5.89 Å². The third-order valence-electron chi connectivity index (χ3n) is 3.41. The Kier molecular flexibility index (Phi) is 4.57. The fourth-order valence-electron chi connectivity index (χ4n) is 2.20. The van der Waals surface area contributed by atoms with Gasteiger partial charge in [0.1, 0.15) is 0 Å². The third-order valence-corrected chi connectivity index (χ3v) is 4.52. The summed E-state index contributed by atoms with van der Waals surface area (Å²) in [6, 6.07) is 11.9. The molecule has 2 heterocycles. The lowest BCUT2D eigenvalue weighted by molar-refractivity contribution is 0.395. The number of benzene rings is 1. The highest BCUT2D eigenvalue weighted by molar-refractivity contribution is 7.13. The fraction of sp³-hybridized carbons (Fsp3) is 0.250. The Morgan fingerprint density at radius 1 is 1.09 bits per heavy atom. The summed E-state index contributed by atoms with van der Waals surface area (Å²) >= 11 is 7.50. The van der Waals surface area contributed by atoms with Crippen LogP contribution in [0, 0.1) is 0 Å².